The number of nitrogens with one attached hydrogen (secondary N) is 3. The molecule has 1 aromatic heterocycles. The van der Waals surface area contributed by atoms with E-state index in [1.165, 1.54) is 11.1 Å². The Morgan fingerprint density at radius 3 is 2.55 bits per heavy atom. The van der Waals surface area contributed by atoms with Crippen LogP contribution in [0.5, 0.6) is 0 Å². The number of imide groups is 1. The minimum Gasteiger partial charge on any atom is -0.351 e. The molecule has 2 aliphatic rings. The molecule has 1 saturated carbocycles. The molecule has 0 bridgehead atoms. The van der Waals surface area contributed by atoms with Gasteiger partial charge in [0, 0.05) is 18.3 Å². The van der Waals surface area contributed by atoms with Crippen LogP contribution >= 0.6 is 11.8 Å². The van der Waals surface area contributed by atoms with E-state index in [1.807, 2.05) is 0 Å². The number of anilines is 1. The maximum Gasteiger partial charge on any atom is 0.290 e. The lowest BCUT2D eigenvalue weighted by molar-refractivity contribution is -0.115. The molecule has 4 rings (SSSR count). The predicted octanol–water partition coefficient (Wildman–Crippen LogP) is 3.66. The molecule has 0 radical (unpaired) electrons. The normalized spacial score (nSPS) is 22.5. The standard InChI is InChI=1S/C23H27N5O2S/c1-15-2-4-16(5-3-15)10-12-24-17-6-8-18(9-7-17)26-22-25-13-11-19(27-22)14-20-21(29)28-23(30)31-20/h2-5,11,13-14,17-18,24H,6-10,12H2,1H3,(H,25,26,27)(H,28,29,30)/b20-14-. The van der Waals surface area contributed by atoms with Crippen LogP contribution < -0.4 is 16.0 Å². The molecule has 3 N–H and O–H groups in total. The number of thioether (sulfide) groups is 1. The van der Waals surface area contributed by atoms with Crippen LogP contribution in [0.15, 0.2) is 41.4 Å². The molecule has 8 heteroatoms. The van der Waals surface area contributed by atoms with E-state index in [0.29, 0.717) is 28.6 Å². The molecule has 162 valence electrons. The van der Waals surface area contributed by atoms with E-state index in [4.69, 9.17) is 0 Å². The fourth-order valence-electron chi connectivity index (χ4n) is 3.88. The smallest absolute Gasteiger partial charge is 0.290 e. The van der Waals surface area contributed by atoms with Crippen LogP contribution in [0.1, 0.15) is 42.5 Å². The van der Waals surface area contributed by atoms with Crippen molar-refractivity contribution >= 4 is 34.9 Å². The summed E-state index contributed by atoms with van der Waals surface area (Å²) < 4.78 is 0. The van der Waals surface area contributed by atoms with Crippen LogP contribution in [0, 0.1) is 6.92 Å². The van der Waals surface area contributed by atoms with Gasteiger partial charge in [-0.1, -0.05) is 29.8 Å². The second kappa shape index (κ2) is 10.1. The summed E-state index contributed by atoms with van der Waals surface area (Å²) in [6.45, 7) is 3.11. The molecular formula is C23H27N5O2S. The van der Waals surface area contributed by atoms with Crippen LogP contribution in [0.25, 0.3) is 6.08 Å². The van der Waals surface area contributed by atoms with Crippen molar-refractivity contribution in [2.75, 3.05) is 11.9 Å². The van der Waals surface area contributed by atoms with E-state index in [2.05, 4.69) is 57.1 Å². The summed E-state index contributed by atoms with van der Waals surface area (Å²) >= 11 is 0.889. The van der Waals surface area contributed by atoms with Gasteiger partial charge >= 0.3 is 0 Å². The highest BCUT2D eigenvalue weighted by molar-refractivity contribution is 8.18. The third-order valence-corrected chi connectivity index (χ3v) is 6.44. The number of amides is 2. The van der Waals surface area contributed by atoms with Gasteiger partial charge in [0.05, 0.1) is 10.6 Å². The first-order chi connectivity index (χ1) is 15.0. The van der Waals surface area contributed by atoms with E-state index in [9.17, 15) is 9.59 Å². The maximum absolute atomic E-state index is 11.7. The fraction of sp³-hybridized carbons (Fsp3) is 0.391. The first-order valence-corrected chi connectivity index (χ1v) is 11.5. The number of aromatic nitrogens is 2. The van der Waals surface area contributed by atoms with Crippen molar-refractivity contribution in [2.24, 2.45) is 0 Å². The average molecular weight is 438 g/mol. The Labute approximate surface area is 186 Å². The van der Waals surface area contributed by atoms with E-state index in [0.717, 1.165) is 50.4 Å². The summed E-state index contributed by atoms with van der Waals surface area (Å²) in [7, 11) is 0. The Morgan fingerprint density at radius 1 is 1.10 bits per heavy atom. The van der Waals surface area contributed by atoms with Crippen molar-refractivity contribution < 1.29 is 9.59 Å². The van der Waals surface area contributed by atoms with Gasteiger partial charge in [-0.15, -0.1) is 0 Å². The average Bonchev–Trinajstić information content (AvgIpc) is 3.07. The number of hydrogen-bond acceptors (Lipinski definition) is 7. The van der Waals surface area contributed by atoms with E-state index >= 15 is 0 Å². The predicted molar refractivity (Wildman–Crippen MR) is 124 cm³/mol. The third-order valence-electron chi connectivity index (χ3n) is 5.63. The van der Waals surface area contributed by atoms with Crippen molar-refractivity contribution in [3.63, 3.8) is 0 Å². The van der Waals surface area contributed by atoms with Crippen molar-refractivity contribution in [3.8, 4) is 0 Å². The zero-order valence-electron chi connectivity index (χ0n) is 17.6. The Bertz CT molecular complexity index is 968. The molecule has 0 atom stereocenters. The summed E-state index contributed by atoms with van der Waals surface area (Å²) in [6.07, 6.45) is 8.69. The van der Waals surface area contributed by atoms with Gasteiger partial charge in [0.1, 0.15) is 0 Å². The zero-order chi connectivity index (χ0) is 21.6. The van der Waals surface area contributed by atoms with Gasteiger partial charge in [-0.2, -0.15) is 0 Å². The van der Waals surface area contributed by atoms with Gasteiger partial charge in [-0.3, -0.25) is 14.9 Å². The Hall–Kier alpha value is -2.71. The molecule has 2 aromatic rings. The van der Waals surface area contributed by atoms with Gasteiger partial charge < -0.3 is 10.6 Å². The Balaban J connectivity index is 1.23. The minimum absolute atomic E-state index is 0.337. The summed E-state index contributed by atoms with van der Waals surface area (Å²) in [5.41, 5.74) is 3.28. The lowest BCUT2D eigenvalue weighted by atomic mass is 9.91. The monoisotopic (exact) mass is 437 g/mol. The first kappa shape index (κ1) is 21.5. The number of aryl methyl sites for hydroxylation is 1. The highest BCUT2D eigenvalue weighted by Crippen LogP contribution is 2.25. The van der Waals surface area contributed by atoms with Crippen LogP contribution in [-0.4, -0.2) is 39.7 Å². The molecule has 2 amide bonds. The number of benzene rings is 1. The van der Waals surface area contributed by atoms with Crippen LogP contribution in [0.3, 0.4) is 0 Å². The zero-order valence-corrected chi connectivity index (χ0v) is 18.4. The summed E-state index contributed by atoms with van der Waals surface area (Å²) in [5, 5.41) is 9.01. The molecule has 1 aliphatic heterocycles. The molecule has 31 heavy (non-hydrogen) atoms. The number of rotatable bonds is 7. The largest absolute Gasteiger partial charge is 0.351 e. The van der Waals surface area contributed by atoms with Crippen molar-refractivity contribution in [3.05, 3.63) is 58.3 Å². The first-order valence-electron chi connectivity index (χ1n) is 10.7. The molecule has 7 nitrogen and oxygen atoms in total. The molecule has 1 aliphatic carbocycles. The molecule has 2 fully saturated rings. The Morgan fingerprint density at radius 2 is 1.84 bits per heavy atom. The van der Waals surface area contributed by atoms with Gasteiger partial charge in [0.2, 0.25) is 5.95 Å². The van der Waals surface area contributed by atoms with Crippen LogP contribution in [0.4, 0.5) is 10.7 Å². The summed E-state index contributed by atoms with van der Waals surface area (Å²) in [4.78, 5) is 32.1. The number of hydrogen-bond donors (Lipinski definition) is 3. The van der Waals surface area contributed by atoms with E-state index in [1.54, 1.807) is 18.3 Å². The lowest BCUT2D eigenvalue weighted by Crippen LogP contribution is -2.38. The molecule has 0 spiro atoms. The minimum atomic E-state index is -0.378. The molecule has 1 saturated heterocycles. The number of carbonyl (C=O) groups excluding carboxylic acids is 2. The number of nitrogens with zero attached hydrogens (tertiary/aromatic N) is 2. The number of carbonyl (C=O) groups is 2. The van der Waals surface area contributed by atoms with Gasteiger partial charge in [-0.05, 0) is 75.0 Å². The van der Waals surface area contributed by atoms with Crippen LogP contribution in [-0.2, 0) is 11.2 Å². The molecule has 0 unspecified atom stereocenters. The quantitative estimate of drug-likeness (QED) is 0.569. The van der Waals surface area contributed by atoms with Gasteiger partial charge in [-0.25, -0.2) is 9.97 Å². The second-order valence-electron chi connectivity index (χ2n) is 8.04. The van der Waals surface area contributed by atoms with Crippen molar-refractivity contribution in [1.82, 2.24) is 20.6 Å². The maximum atomic E-state index is 11.7. The summed E-state index contributed by atoms with van der Waals surface area (Å²) in [6, 6.07) is 11.4. The second-order valence-corrected chi connectivity index (χ2v) is 9.05. The highest BCUT2D eigenvalue weighted by atomic mass is 32.2. The van der Waals surface area contributed by atoms with Gasteiger partial charge in [0.15, 0.2) is 0 Å². The van der Waals surface area contributed by atoms with Crippen LogP contribution in [0.2, 0.25) is 0 Å². The Kier molecular flexibility index (Phi) is 6.99. The third kappa shape index (κ3) is 6.15. The van der Waals surface area contributed by atoms with Crippen molar-refractivity contribution in [2.45, 2.75) is 51.1 Å². The van der Waals surface area contributed by atoms with Gasteiger partial charge in [0.25, 0.3) is 11.1 Å². The SMILES string of the molecule is Cc1ccc(CCNC2CCC(Nc3nccc(/C=C4\SC(=O)NC4=O)n3)CC2)cc1. The van der Waals surface area contributed by atoms with E-state index in [-0.39, 0.29) is 11.1 Å². The molecule has 2 heterocycles. The highest BCUT2D eigenvalue weighted by Gasteiger charge is 2.25. The lowest BCUT2D eigenvalue weighted by Gasteiger charge is -2.29. The summed E-state index contributed by atoms with van der Waals surface area (Å²) in [5.74, 6) is 0.177. The van der Waals surface area contributed by atoms with Crippen molar-refractivity contribution in [1.29, 1.82) is 0 Å². The van der Waals surface area contributed by atoms with E-state index < -0.39 is 0 Å². The molecular weight excluding hydrogens is 410 g/mol. The molecule has 1 aromatic carbocycles. The topological polar surface area (TPSA) is 96.0 Å². The fourth-order valence-corrected chi connectivity index (χ4v) is 4.54.